The number of nitrogens with one attached hydrogen (secondary N) is 1. The van der Waals surface area contributed by atoms with E-state index in [-0.39, 0.29) is 5.56 Å². The summed E-state index contributed by atoms with van der Waals surface area (Å²) in [5.41, 5.74) is 11.6. The summed E-state index contributed by atoms with van der Waals surface area (Å²) in [5, 5.41) is 1.21. The van der Waals surface area contributed by atoms with Gasteiger partial charge in [0.1, 0.15) is 5.69 Å². The molecule has 0 aliphatic heterocycles. The van der Waals surface area contributed by atoms with E-state index in [1.807, 2.05) is 26.1 Å². The number of fused-ring (bicyclic) bond motifs is 1. The predicted octanol–water partition coefficient (Wildman–Crippen LogP) is 2.91. The van der Waals surface area contributed by atoms with Gasteiger partial charge in [-0.25, -0.2) is 0 Å². The number of nitrogen functional groups attached to an aromatic ring is 1. The van der Waals surface area contributed by atoms with Gasteiger partial charge >= 0.3 is 0 Å². The maximum Gasteiger partial charge on any atom is 0.271 e. The van der Waals surface area contributed by atoms with E-state index in [0.29, 0.717) is 12.1 Å². The van der Waals surface area contributed by atoms with E-state index in [1.54, 1.807) is 0 Å². The number of para-hydroxylation sites is 1. The van der Waals surface area contributed by atoms with Crippen LogP contribution in [-0.4, -0.2) is 9.55 Å². The van der Waals surface area contributed by atoms with Gasteiger partial charge < -0.3 is 15.3 Å². The number of rotatable bonds is 3. The Morgan fingerprint density at radius 2 is 1.95 bits per heavy atom. The van der Waals surface area contributed by atoms with Crippen molar-refractivity contribution < 1.29 is 0 Å². The first kappa shape index (κ1) is 14.4. The predicted molar refractivity (Wildman–Crippen MR) is 91.3 cm³/mol. The van der Waals surface area contributed by atoms with Crippen LogP contribution in [0.4, 0.5) is 5.69 Å². The molecule has 0 fully saturated rings. The third-order valence-electron chi connectivity index (χ3n) is 4.39. The van der Waals surface area contributed by atoms with Crippen LogP contribution in [0.5, 0.6) is 0 Å². The molecule has 22 heavy (non-hydrogen) atoms. The molecule has 2 heterocycles. The summed E-state index contributed by atoms with van der Waals surface area (Å²) >= 11 is 0. The zero-order valence-corrected chi connectivity index (χ0v) is 13.2. The molecule has 0 atom stereocenters. The van der Waals surface area contributed by atoms with E-state index in [9.17, 15) is 4.79 Å². The fraction of sp³-hybridized carbons (Fsp3) is 0.278. The number of hydrogen-bond donors (Lipinski definition) is 2. The van der Waals surface area contributed by atoms with Gasteiger partial charge in [0.15, 0.2) is 0 Å². The Morgan fingerprint density at radius 3 is 2.68 bits per heavy atom. The quantitative estimate of drug-likeness (QED) is 0.780. The number of pyridine rings is 1. The second-order valence-electron chi connectivity index (χ2n) is 5.76. The first-order valence-electron chi connectivity index (χ1n) is 7.56. The van der Waals surface area contributed by atoms with Gasteiger partial charge in [-0.1, -0.05) is 25.1 Å². The van der Waals surface area contributed by atoms with Crippen LogP contribution in [0.1, 0.15) is 29.3 Å². The lowest BCUT2D eigenvalue weighted by Crippen LogP contribution is -2.19. The molecule has 0 saturated carbocycles. The summed E-state index contributed by atoms with van der Waals surface area (Å²) < 4.78 is 2.12. The number of nitrogens with two attached hydrogens (primary N) is 1. The SMILES string of the molecule is CCc1c(C)[nH]c(=O)c(N)c1Cc1cn(C)c2ccccc12. The molecular formula is C18H21N3O. The van der Waals surface area contributed by atoms with Crippen LogP contribution in [0, 0.1) is 6.92 Å². The molecule has 0 spiro atoms. The van der Waals surface area contributed by atoms with E-state index in [2.05, 4.69) is 34.8 Å². The number of anilines is 1. The van der Waals surface area contributed by atoms with Crippen molar-refractivity contribution in [3.05, 3.63) is 63.2 Å². The van der Waals surface area contributed by atoms with Crippen LogP contribution in [0.2, 0.25) is 0 Å². The van der Waals surface area contributed by atoms with Crippen LogP contribution < -0.4 is 11.3 Å². The number of hydrogen-bond acceptors (Lipinski definition) is 2. The molecule has 0 amide bonds. The zero-order valence-electron chi connectivity index (χ0n) is 13.2. The molecule has 3 aromatic rings. The van der Waals surface area contributed by atoms with Crippen LogP contribution in [0.15, 0.2) is 35.3 Å². The molecule has 114 valence electrons. The topological polar surface area (TPSA) is 63.8 Å². The summed E-state index contributed by atoms with van der Waals surface area (Å²) in [6.45, 7) is 4.03. The minimum absolute atomic E-state index is 0.190. The highest BCUT2D eigenvalue weighted by molar-refractivity contribution is 5.84. The normalized spacial score (nSPS) is 11.2. The first-order valence-corrected chi connectivity index (χ1v) is 7.56. The maximum absolute atomic E-state index is 12.0. The summed E-state index contributed by atoms with van der Waals surface area (Å²) in [5.74, 6) is 0. The smallest absolute Gasteiger partial charge is 0.271 e. The van der Waals surface area contributed by atoms with Crippen molar-refractivity contribution in [1.82, 2.24) is 9.55 Å². The van der Waals surface area contributed by atoms with E-state index in [4.69, 9.17) is 5.73 Å². The largest absolute Gasteiger partial charge is 0.394 e. The number of nitrogens with zero attached hydrogens (tertiary/aromatic N) is 1. The van der Waals surface area contributed by atoms with Gasteiger partial charge in [-0.05, 0) is 36.1 Å². The van der Waals surface area contributed by atoms with Crippen LogP contribution in [0.25, 0.3) is 10.9 Å². The molecule has 0 bridgehead atoms. The van der Waals surface area contributed by atoms with Crippen molar-refractivity contribution in [2.24, 2.45) is 7.05 Å². The minimum atomic E-state index is -0.190. The lowest BCUT2D eigenvalue weighted by molar-refractivity contribution is 0.948. The van der Waals surface area contributed by atoms with Gasteiger partial charge in [0.25, 0.3) is 5.56 Å². The number of benzene rings is 1. The molecule has 4 nitrogen and oxygen atoms in total. The third-order valence-corrected chi connectivity index (χ3v) is 4.39. The van der Waals surface area contributed by atoms with Crippen molar-refractivity contribution in [1.29, 1.82) is 0 Å². The van der Waals surface area contributed by atoms with E-state index >= 15 is 0 Å². The Bertz CT molecular complexity index is 903. The van der Waals surface area contributed by atoms with E-state index in [0.717, 1.165) is 23.2 Å². The molecule has 0 aliphatic carbocycles. The Hall–Kier alpha value is -2.49. The van der Waals surface area contributed by atoms with Crippen LogP contribution in [-0.2, 0) is 19.9 Å². The molecule has 0 radical (unpaired) electrons. The number of aromatic amines is 1. The van der Waals surface area contributed by atoms with Crippen molar-refractivity contribution in [3.8, 4) is 0 Å². The Kier molecular flexibility index (Phi) is 3.53. The monoisotopic (exact) mass is 295 g/mol. The fourth-order valence-electron chi connectivity index (χ4n) is 3.28. The first-order chi connectivity index (χ1) is 10.5. The third kappa shape index (κ3) is 2.21. The van der Waals surface area contributed by atoms with Gasteiger partial charge in [0, 0.05) is 36.3 Å². The highest BCUT2D eigenvalue weighted by atomic mass is 16.1. The van der Waals surface area contributed by atoms with Crippen molar-refractivity contribution in [2.75, 3.05) is 5.73 Å². The molecule has 2 aromatic heterocycles. The summed E-state index contributed by atoms with van der Waals surface area (Å²) in [7, 11) is 2.04. The Balaban J connectivity index is 2.19. The van der Waals surface area contributed by atoms with Crippen molar-refractivity contribution >= 4 is 16.6 Å². The number of aryl methyl sites for hydroxylation is 2. The average molecular weight is 295 g/mol. The van der Waals surface area contributed by atoms with Crippen LogP contribution >= 0.6 is 0 Å². The van der Waals surface area contributed by atoms with Crippen molar-refractivity contribution in [3.63, 3.8) is 0 Å². The van der Waals surface area contributed by atoms with Crippen LogP contribution in [0.3, 0.4) is 0 Å². The Morgan fingerprint density at radius 1 is 1.23 bits per heavy atom. The summed E-state index contributed by atoms with van der Waals surface area (Å²) in [6, 6.07) is 8.30. The highest BCUT2D eigenvalue weighted by Gasteiger charge is 2.15. The van der Waals surface area contributed by atoms with Gasteiger partial charge in [-0.2, -0.15) is 0 Å². The second kappa shape index (κ2) is 5.37. The van der Waals surface area contributed by atoms with Gasteiger partial charge in [0.2, 0.25) is 0 Å². The lowest BCUT2D eigenvalue weighted by atomic mass is 9.96. The summed E-state index contributed by atoms with van der Waals surface area (Å²) in [6.07, 6.45) is 3.66. The zero-order chi connectivity index (χ0) is 15.9. The second-order valence-corrected chi connectivity index (χ2v) is 5.76. The molecule has 3 rings (SSSR count). The lowest BCUT2D eigenvalue weighted by Gasteiger charge is -2.13. The minimum Gasteiger partial charge on any atom is -0.394 e. The average Bonchev–Trinajstić information content (AvgIpc) is 2.82. The highest BCUT2D eigenvalue weighted by Crippen LogP contribution is 2.26. The molecule has 0 unspecified atom stereocenters. The molecule has 3 N–H and O–H groups in total. The standard InChI is InChI=1S/C18H21N3O/c1-4-13-11(2)20-18(22)17(19)15(13)9-12-10-21(3)16-8-6-5-7-14(12)16/h5-8,10H,4,9,19H2,1-3H3,(H,20,22). The molecule has 1 aromatic carbocycles. The fourth-order valence-corrected chi connectivity index (χ4v) is 3.28. The van der Waals surface area contributed by atoms with E-state index in [1.165, 1.54) is 16.5 Å². The number of H-pyrrole nitrogens is 1. The Labute approximate surface area is 129 Å². The molecule has 4 heteroatoms. The van der Waals surface area contributed by atoms with Gasteiger partial charge in [0.05, 0.1) is 0 Å². The molecule has 0 aliphatic rings. The van der Waals surface area contributed by atoms with Gasteiger partial charge in [-0.15, -0.1) is 0 Å². The molecular weight excluding hydrogens is 274 g/mol. The van der Waals surface area contributed by atoms with E-state index < -0.39 is 0 Å². The summed E-state index contributed by atoms with van der Waals surface area (Å²) in [4.78, 5) is 14.8. The van der Waals surface area contributed by atoms with Crippen molar-refractivity contribution in [2.45, 2.75) is 26.7 Å². The number of aromatic nitrogens is 2. The molecule has 0 saturated heterocycles. The maximum atomic E-state index is 12.0. The van der Waals surface area contributed by atoms with Gasteiger partial charge in [-0.3, -0.25) is 4.79 Å².